The number of aryl methyl sites for hydroxylation is 2. The van der Waals surface area contributed by atoms with Gasteiger partial charge in [-0.15, -0.1) is 0 Å². The Morgan fingerprint density at radius 1 is 1.07 bits per heavy atom. The maximum absolute atomic E-state index is 12.7. The predicted octanol–water partition coefficient (Wildman–Crippen LogP) is 4.69. The van der Waals surface area contributed by atoms with E-state index in [1.165, 1.54) is 0 Å². The summed E-state index contributed by atoms with van der Waals surface area (Å²) in [6, 6.07) is 19.5. The molecule has 0 radical (unpaired) electrons. The summed E-state index contributed by atoms with van der Waals surface area (Å²) in [6.45, 7) is 4.59. The van der Waals surface area contributed by atoms with E-state index >= 15 is 0 Å². The van der Waals surface area contributed by atoms with Crippen LogP contribution in [0.4, 0.5) is 0 Å². The average Bonchev–Trinajstić information content (AvgIpc) is 3.22. The molecule has 0 bridgehead atoms. The van der Waals surface area contributed by atoms with E-state index < -0.39 is 0 Å². The standard InChI is InChI=1S/C24H23N3O3/c1-16-8-9-17(2)23(12-16)29-15-20-13-22(26-30-20)24(28)27(3)14-19-11-10-18-6-4-5-7-21(18)25-19/h4-13H,14-15H2,1-3H3. The summed E-state index contributed by atoms with van der Waals surface area (Å²) in [5.41, 5.74) is 4.12. The number of para-hydroxylation sites is 1. The van der Waals surface area contributed by atoms with Crippen LogP contribution in [0.1, 0.15) is 33.1 Å². The highest BCUT2D eigenvalue weighted by molar-refractivity contribution is 5.92. The van der Waals surface area contributed by atoms with Crippen molar-refractivity contribution in [2.75, 3.05) is 7.05 Å². The fourth-order valence-corrected chi connectivity index (χ4v) is 3.20. The summed E-state index contributed by atoms with van der Waals surface area (Å²) in [7, 11) is 1.72. The van der Waals surface area contributed by atoms with Gasteiger partial charge in [-0.2, -0.15) is 0 Å². The van der Waals surface area contributed by atoms with Gasteiger partial charge in [0.25, 0.3) is 5.91 Å². The third-order valence-electron chi connectivity index (χ3n) is 4.89. The van der Waals surface area contributed by atoms with E-state index in [0.29, 0.717) is 12.3 Å². The SMILES string of the molecule is Cc1ccc(C)c(OCc2cc(C(=O)N(C)Cc3ccc4ccccc4n3)no2)c1. The number of amides is 1. The maximum Gasteiger partial charge on any atom is 0.276 e. The van der Waals surface area contributed by atoms with Crippen LogP contribution in [-0.2, 0) is 13.2 Å². The third kappa shape index (κ3) is 4.33. The average molecular weight is 401 g/mol. The highest BCUT2D eigenvalue weighted by atomic mass is 16.5. The van der Waals surface area contributed by atoms with Crippen molar-refractivity contribution in [3.63, 3.8) is 0 Å². The third-order valence-corrected chi connectivity index (χ3v) is 4.89. The van der Waals surface area contributed by atoms with Crippen LogP contribution in [0.25, 0.3) is 10.9 Å². The fraction of sp³-hybridized carbons (Fsp3) is 0.208. The minimum atomic E-state index is -0.230. The van der Waals surface area contributed by atoms with Crippen molar-refractivity contribution in [3.05, 3.63) is 88.9 Å². The van der Waals surface area contributed by atoms with Crippen LogP contribution in [0.15, 0.2) is 65.2 Å². The van der Waals surface area contributed by atoms with Crippen LogP contribution in [0.2, 0.25) is 0 Å². The fourth-order valence-electron chi connectivity index (χ4n) is 3.20. The van der Waals surface area contributed by atoms with Gasteiger partial charge in [-0.1, -0.05) is 41.6 Å². The molecular formula is C24H23N3O3. The Morgan fingerprint density at radius 3 is 2.77 bits per heavy atom. The first kappa shape index (κ1) is 19.6. The molecule has 2 heterocycles. The Balaban J connectivity index is 1.40. The van der Waals surface area contributed by atoms with Crippen LogP contribution in [0.3, 0.4) is 0 Å². The van der Waals surface area contributed by atoms with Crippen LogP contribution < -0.4 is 4.74 Å². The molecule has 0 N–H and O–H groups in total. The van der Waals surface area contributed by atoms with Crippen molar-refractivity contribution in [2.45, 2.75) is 27.0 Å². The van der Waals surface area contributed by atoms with Crippen molar-refractivity contribution in [2.24, 2.45) is 0 Å². The molecule has 0 atom stereocenters. The minimum absolute atomic E-state index is 0.209. The van der Waals surface area contributed by atoms with Gasteiger partial charge in [-0.05, 0) is 43.2 Å². The van der Waals surface area contributed by atoms with Gasteiger partial charge < -0.3 is 14.2 Å². The number of ether oxygens (including phenoxy) is 1. The van der Waals surface area contributed by atoms with Crippen LogP contribution >= 0.6 is 0 Å². The first-order valence-electron chi connectivity index (χ1n) is 9.75. The van der Waals surface area contributed by atoms with E-state index in [0.717, 1.165) is 33.5 Å². The molecule has 0 aliphatic rings. The zero-order valence-electron chi connectivity index (χ0n) is 17.3. The zero-order chi connectivity index (χ0) is 21.1. The molecule has 0 saturated carbocycles. The number of carbonyl (C=O) groups is 1. The summed E-state index contributed by atoms with van der Waals surface area (Å²) in [5.74, 6) is 1.06. The minimum Gasteiger partial charge on any atom is -0.485 e. The molecule has 0 aliphatic carbocycles. The zero-order valence-corrected chi connectivity index (χ0v) is 17.3. The highest BCUT2D eigenvalue weighted by Crippen LogP contribution is 2.21. The lowest BCUT2D eigenvalue weighted by atomic mass is 10.1. The van der Waals surface area contributed by atoms with Gasteiger partial charge >= 0.3 is 0 Å². The lowest BCUT2D eigenvalue weighted by molar-refractivity contribution is 0.0773. The first-order valence-corrected chi connectivity index (χ1v) is 9.75. The first-order chi connectivity index (χ1) is 14.5. The summed E-state index contributed by atoms with van der Waals surface area (Å²) >= 11 is 0. The van der Waals surface area contributed by atoms with Gasteiger partial charge in [-0.3, -0.25) is 9.78 Å². The molecule has 2 aromatic heterocycles. The van der Waals surface area contributed by atoms with Gasteiger partial charge in [0.1, 0.15) is 12.4 Å². The number of nitrogens with zero attached hydrogens (tertiary/aromatic N) is 3. The second-order valence-corrected chi connectivity index (χ2v) is 7.39. The lowest BCUT2D eigenvalue weighted by Crippen LogP contribution is -2.26. The van der Waals surface area contributed by atoms with E-state index in [2.05, 4.69) is 10.1 Å². The summed E-state index contributed by atoms with van der Waals surface area (Å²) in [6.07, 6.45) is 0. The van der Waals surface area contributed by atoms with E-state index in [1.54, 1.807) is 18.0 Å². The van der Waals surface area contributed by atoms with E-state index in [-0.39, 0.29) is 18.2 Å². The van der Waals surface area contributed by atoms with Gasteiger partial charge in [0.15, 0.2) is 11.5 Å². The van der Waals surface area contributed by atoms with E-state index in [1.807, 2.05) is 68.4 Å². The number of pyridine rings is 1. The number of rotatable bonds is 6. The monoisotopic (exact) mass is 401 g/mol. The van der Waals surface area contributed by atoms with Crippen molar-refractivity contribution in [1.82, 2.24) is 15.0 Å². The molecule has 4 rings (SSSR count). The van der Waals surface area contributed by atoms with Crippen molar-refractivity contribution in [1.29, 1.82) is 0 Å². The Labute approximate surface area is 175 Å². The number of fused-ring (bicyclic) bond motifs is 1. The molecule has 1 amide bonds. The van der Waals surface area contributed by atoms with Crippen molar-refractivity contribution >= 4 is 16.8 Å². The molecule has 6 heteroatoms. The Bertz CT molecular complexity index is 1200. The molecule has 0 fully saturated rings. The second-order valence-electron chi connectivity index (χ2n) is 7.39. The molecule has 30 heavy (non-hydrogen) atoms. The van der Waals surface area contributed by atoms with Gasteiger partial charge in [0.2, 0.25) is 0 Å². The Morgan fingerprint density at radius 2 is 1.90 bits per heavy atom. The molecule has 0 saturated heterocycles. The van der Waals surface area contributed by atoms with Crippen LogP contribution in [-0.4, -0.2) is 28.0 Å². The van der Waals surface area contributed by atoms with Gasteiger partial charge in [-0.25, -0.2) is 0 Å². The van der Waals surface area contributed by atoms with Crippen molar-refractivity contribution < 1.29 is 14.1 Å². The summed E-state index contributed by atoms with van der Waals surface area (Å²) in [5, 5.41) is 4.98. The molecule has 6 nitrogen and oxygen atoms in total. The topological polar surface area (TPSA) is 68.5 Å². The molecule has 0 unspecified atom stereocenters. The van der Waals surface area contributed by atoms with E-state index in [9.17, 15) is 4.79 Å². The lowest BCUT2D eigenvalue weighted by Gasteiger charge is -2.15. The molecular weight excluding hydrogens is 378 g/mol. The molecule has 4 aromatic rings. The molecule has 0 spiro atoms. The Hall–Kier alpha value is -3.67. The van der Waals surface area contributed by atoms with Crippen LogP contribution in [0.5, 0.6) is 5.75 Å². The Kier molecular flexibility index (Phi) is 5.48. The predicted molar refractivity (Wildman–Crippen MR) is 114 cm³/mol. The number of benzene rings is 2. The second kappa shape index (κ2) is 8.37. The van der Waals surface area contributed by atoms with Gasteiger partial charge in [0.05, 0.1) is 17.8 Å². The maximum atomic E-state index is 12.7. The van der Waals surface area contributed by atoms with E-state index in [4.69, 9.17) is 9.26 Å². The summed E-state index contributed by atoms with van der Waals surface area (Å²) in [4.78, 5) is 18.9. The number of carbonyl (C=O) groups excluding carboxylic acids is 1. The quantitative estimate of drug-likeness (QED) is 0.469. The van der Waals surface area contributed by atoms with Crippen LogP contribution in [0, 0.1) is 13.8 Å². The highest BCUT2D eigenvalue weighted by Gasteiger charge is 2.18. The number of hydrogen-bond acceptors (Lipinski definition) is 5. The molecule has 2 aromatic carbocycles. The van der Waals surface area contributed by atoms with Gasteiger partial charge in [0, 0.05) is 18.5 Å². The number of aromatic nitrogens is 2. The largest absolute Gasteiger partial charge is 0.485 e. The summed E-state index contributed by atoms with van der Waals surface area (Å²) < 4.78 is 11.1. The normalized spacial score (nSPS) is 10.9. The number of hydrogen-bond donors (Lipinski definition) is 0. The smallest absolute Gasteiger partial charge is 0.276 e. The molecule has 0 aliphatic heterocycles. The molecule has 152 valence electrons. The van der Waals surface area contributed by atoms with Crippen molar-refractivity contribution in [3.8, 4) is 5.75 Å².